The average Bonchev–Trinajstić information content (AvgIpc) is 3.85. The molecule has 0 saturated heterocycles. The van der Waals surface area contributed by atoms with E-state index in [1.807, 2.05) is 0 Å². The minimum Gasteiger partial charge on any atom is -0.310 e. The van der Waals surface area contributed by atoms with Crippen LogP contribution in [0.2, 0.25) is 0 Å². The molecule has 0 saturated carbocycles. The van der Waals surface area contributed by atoms with E-state index in [0.29, 0.717) is 0 Å². The van der Waals surface area contributed by atoms with E-state index in [4.69, 9.17) is 0 Å². The van der Waals surface area contributed by atoms with Crippen molar-refractivity contribution in [1.82, 2.24) is 4.57 Å². The van der Waals surface area contributed by atoms with E-state index in [2.05, 4.69) is 243 Å². The van der Waals surface area contributed by atoms with Crippen LogP contribution in [0.3, 0.4) is 0 Å². The molecule has 2 aliphatic rings. The summed E-state index contributed by atoms with van der Waals surface area (Å²) in [5.74, 6) is 0. The number of hydrogen-bond acceptors (Lipinski definition) is 1. The van der Waals surface area contributed by atoms with Crippen molar-refractivity contribution in [2.75, 3.05) is 4.90 Å². The predicted molar refractivity (Wildman–Crippen MR) is 261 cm³/mol. The average molecular weight is 795 g/mol. The van der Waals surface area contributed by atoms with Gasteiger partial charge in [-0.25, -0.2) is 0 Å². The van der Waals surface area contributed by atoms with Crippen LogP contribution in [0.1, 0.15) is 49.9 Å². The molecule has 1 heterocycles. The second-order valence-corrected chi connectivity index (χ2v) is 18.2. The molecule has 0 bridgehead atoms. The molecule has 2 aliphatic carbocycles. The van der Waals surface area contributed by atoms with Gasteiger partial charge in [-0.15, -0.1) is 0 Å². The highest BCUT2D eigenvalue weighted by Gasteiger charge is 2.38. The van der Waals surface area contributed by atoms with Crippen molar-refractivity contribution in [3.05, 3.63) is 229 Å². The molecule has 0 spiro atoms. The molecule has 62 heavy (non-hydrogen) atoms. The Hall–Kier alpha value is -7.42. The Kier molecular flexibility index (Phi) is 7.96. The Morgan fingerprint density at radius 1 is 0.323 bits per heavy atom. The summed E-state index contributed by atoms with van der Waals surface area (Å²) in [4.78, 5) is 2.41. The maximum absolute atomic E-state index is 2.51. The van der Waals surface area contributed by atoms with Crippen molar-refractivity contribution < 1.29 is 0 Å². The fourth-order valence-corrected chi connectivity index (χ4v) is 10.7. The molecular formula is C60H46N2. The van der Waals surface area contributed by atoms with Crippen molar-refractivity contribution in [2.45, 2.75) is 38.5 Å². The number of fused-ring (bicyclic) bond motifs is 9. The maximum atomic E-state index is 2.51. The van der Waals surface area contributed by atoms with Gasteiger partial charge in [0.1, 0.15) is 0 Å². The molecule has 0 amide bonds. The van der Waals surface area contributed by atoms with Gasteiger partial charge in [0.15, 0.2) is 0 Å². The van der Waals surface area contributed by atoms with Gasteiger partial charge in [-0.1, -0.05) is 167 Å². The molecule has 0 unspecified atom stereocenters. The first-order chi connectivity index (χ1) is 30.3. The van der Waals surface area contributed by atoms with Gasteiger partial charge in [0.2, 0.25) is 0 Å². The standard InChI is InChI=1S/C60H46N2/c1-59(2)53-21-13-11-19-47(53)51-37-52-50-20-12-14-22-57(50)62(58(52)38-56(51)59)46-32-34-49-48-33-31-45(35-54(48)60(3,4)55(49)36-46)61(43-27-23-41(24-28-43)39-15-7-5-8-16-39)44-29-25-42(26-30-44)40-17-9-6-10-18-40/h5-38H,1-4H3. The second kappa shape index (κ2) is 13.5. The number of nitrogens with zero attached hydrogens (tertiary/aromatic N) is 2. The largest absolute Gasteiger partial charge is 0.310 e. The molecule has 0 fully saturated rings. The summed E-state index contributed by atoms with van der Waals surface area (Å²) >= 11 is 0. The molecule has 10 aromatic rings. The van der Waals surface area contributed by atoms with E-state index in [1.165, 1.54) is 94.3 Å². The van der Waals surface area contributed by atoms with E-state index in [1.54, 1.807) is 0 Å². The molecule has 0 radical (unpaired) electrons. The molecular weight excluding hydrogens is 749 g/mol. The summed E-state index contributed by atoms with van der Waals surface area (Å²) < 4.78 is 2.51. The Labute approximate surface area is 364 Å². The second-order valence-electron chi connectivity index (χ2n) is 18.2. The Morgan fingerprint density at radius 3 is 1.47 bits per heavy atom. The van der Waals surface area contributed by atoms with E-state index in [-0.39, 0.29) is 10.8 Å². The van der Waals surface area contributed by atoms with Gasteiger partial charge in [0, 0.05) is 44.4 Å². The van der Waals surface area contributed by atoms with Gasteiger partial charge in [-0.05, 0) is 133 Å². The molecule has 2 nitrogen and oxygen atoms in total. The maximum Gasteiger partial charge on any atom is 0.0544 e. The van der Waals surface area contributed by atoms with Gasteiger partial charge in [0.25, 0.3) is 0 Å². The number of anilines is 3. The number of aromatic nitrogens is 1. The van der Waals surface area contributed by atoms with Gasteiger partial charge in [0.05, 0.1) is 11.0 Å². The summed E-state index contributed by atoms with van der Waals surface area (Å²) in [5, 5.41) is 2.59. The predicted octanol–water partition coefficient (Wildman–Crippen LogP) is 16.2. The minimum atomic E-state index is -0.236. The smallest absolute Gasteiger partial charge is 0.0544 e. The Bertz CT molecular complexity index is 3290. The lowest BCUT2D eigenvalue weighted by Gasteiger charge is -2.28. The van der Waals surface area contributed by atoms with Crippen LogP contribution in [0.15, 0.2) is 206 Å². The van der Waals surface area contributed by atoms with Crippen LogP contribution in [0.25, 0.3) is 72.0 Å². The molecule has 0 N–H and O–H groups in total. The van der Waals surface area contributed by atoms with Crippen LogP contribution in [0, 0.1) is 0 Å². The third kappa shape index (κ3) is 5.43. The van der Waals surface area contributed by atoms with Crippen molar-refractivity contribution >= 4 is 38.9 Å². The quantitative estimate of drug-likeness (QED) is 0.163. The highest BCUT2D eigenvalue weighted by Crippen LogP contribution is 2.53. The first-order valence-corrected chi connectivity index (χ1v) is 21.8. The monoisotopic (exact) mass is 794 g/mol. The fraction of sp³-hybridized carbons (Fsp3) is 0.100. The van der Waals surface area contributed by atoms with Gasteiger partial charge in [-0.3, -0.25) is 0 Å². The number of benzene rings is 9. The summed E-state index contributed by atoms with van der Waals surface area (Å²) in [5.41, 5.74) is 22.4. The molecule has 12 rings (SSSR count). The third-order valence-electron chi connectivity index (χ3n) is 14.0. The number of hydrogen-bond donors (Lipinski definition) is 0. The lowest BCUT2D eigenvalue weighted by molar-refractivity contribution is 0.659. The van der Waals surface area contributed by atoms with E-state index >= 15 is 0 Å². The zero-order chi connectivity index (χ0) is 41.7. The zero-order valence-electron chi connectivity index (χ0n) is 35.5. The van der Waals surface area contributed by atoms with Gasteiger partial charge < -0.3 is 9.47 Å². The summed E-state index contributed by atoms with van der Waals surface area (Å²) in [6, 6.07) is 76.4. The van der Waals surface area contributed by atoms with Crippen LogP contribution in [0.4, 0.5) is 17.1 Å². The minimum absolute atomic E-state index is 0.0809. The van der Waals surface area contributed by atoms with Crippen LogP contribution < -0.4 is 4.90 Å². The van der Waals surface area contributed by atoms with Crippen molar-refractivity contribution in [2.24, 2.45) is 0 Å². The van der Waals surface area contributed by atoms with Crippen molar-refractivity contribution in [3.8, 4) is 50.2 Å². The molecule has 0 atom stereocenters. The van der Waals surface area contributed by atoms with Crippen molar-refractivity contribution in [3.63, 3.8) is 0 Å². The van der Waals surface area contributed by atoms with Crippen LogP contribution >= 0.6 is 0 Å². The highest BCUT2D eigenvalue weighted by molar-refractivity contribution is 6.11. The van der Waals surface area contributed by atoms with Crippen LogP contribution in [0.5, 0.6) is 0 Å². The third-order valence-corrected chi connectivity index (χ3v) is 14.0. The van der Waals surface area contributed by atoms with E-state index < -0.39 is 0 Å². The summed E-state index contributed by atoms with van der Waals surface area (Å²) in [6.07, 6.45) is 0. The first kappa shape index (κ1) is 36.4. The SMILES string of the molecule is CC1(C)c2cc(N(c3ccc(-c4ccccc4)cc3)c3ccc(-c4ccccc4)cc3)ccc2-c2ccc(-n3c4ccccc4c4cc5c(cc43)C(C)(C)c3ccccc3-5)cc21. The van der Waals surface area contributed by atoms with Gasteiger partial charge in [-0.2, -0.15) is 0 Å². The van der Waals surface area contributed by atoms with Crippen LogP contribution in [-0.2, 0) is 10.8 Å². The fourth-order valence-electron chi connectivity index (χ4n) is 10.7. The van der Waals surface area contributed by atoms with Gasteiger partial charge >= 0.3 is 0 Å². The molecule has 2 heteroatoms. The Morgan fingerprint density at radius 2 is 0.806 bits per heavy atom. The highest BCUT2D eigenvalue weighted by atomic mass is 15.1. The lowest BCUT2D eigenvalue weighted by atomic mass is 9.82. The zero-order valence-corrected chi connectivity index (χ0v) is 35.5. The normalized spacial score (nSPS) is 14.1. The number of rotatable bonds is 6. The van der Waals surface area contributed by atoms with E-state index in [9.17, 15) is 0 Å². The molecule has 9 aromatic carbocycles. The topological polar surface area (TPSA) is 8.17 Å². The lowest BCUT2D eigenvalue weighted by Crippen LogP contribution is -2.17. The van der Waals surface area contributed by atoms with Crippen LogP contribution in [-0.4, -0.2) is 4.57 Å². The summed E-state index contributed by atoms with van der Waals surface area (Å²) in [7, 11) is 0. The first-order valence-electron chi connectivity index (χ1n) is 21.8. The molecule has 1 aromatic heterocycles. The number of para-hydroxylation sites is 1. The molecule has 0 aliphatic heterocycles. The summed E-state index contributed by atoms with van der Waals surface area (Å²) in [6.45, 7) is 9.55. The molecule has 296 valence electrons. The Balaban J connectivity index is 0.970. The van der Waals surface area contributed by atoms with E-state index in [0.717, 1.165) is 17.1 Å². The van der Waals surface area contributed by atoms with Crippen molar-refractivity contribution in [1.29, 1.82) is 0 Å².